The maximum absolute atomic E-state index is 12.3. The van der Waals surface area contributed by atoms with Crippen LogP contribution in [0.2, 0.25) is 5.02 Å². The number of halogens is 1. The number of rotatable bonds is 5. The molecule has 1 saturated carbocycles. The van der Waals surface area contributed by atoms with Crippen LogP contribution in [-0.4, -0.2) is 22.5 Å². The highest BCUT2D eigenvalue weighted by Gasteiger charge is 2.35. The summed E-state index contributed by atoms with van der Waals surface area (Å²) < 4.78 is 0. The van der Waals surface area contributed by atoms with Gasteiger partial charge in [-0.2, -0.15) is 0 Å². The first-order valence-corrected chi connectivity index (χ1v) is 7.65. The molecule has 0 bridgehead atoms. The normalized spacial score (nSPS) is 17.2. The van der Waals surface area contributed by atoms with E-state index in [1.165, 1.54) is 0 Å². The lowest BCUT2D eigenvalue weighted by Gasteiger charge is -2.37. The zero-order valence-corrected chi connectivity index (χ0v) is 12.7. The Labute approximate surface area is 129 Å². The molecule has 2 rings (SSSR count). The van der Waals surface area contributed by atoms with Crippen LogP contribution in [-0.2, 0) is 16.0 Å². The van der Waals surface area contributed by atoms with Crippen molar-refractivity contribution in [3.63, 3.8) is 0 Å². The first-order chi connectivity index (χ1) is 10.0. The molecule has 0 saturated heterocycles. The molecule has 0 atom stereocenters. The number of aliphatic carboxylic acids is 1. The van der Waals surface area contributed by atoms with Gasteiger partial charge in [-0.25, -0.2) is 0 Å². The first-order valence-electron chi connectivity index (χ1n) is 7.27. The van der Waals surface area contributed by atoms with E-state index in [1.54, 1.807) is 6.07 Å². The van der Waals surface area contributed by atoms with E-state index >= 15 is 0 Å². The topological polar surface area (TPSA) is 66.4 Å². The highest BCUT2D eigenvalue weighted by atomic mass is 35.5. The molecule has 1 aromatic carbocycles. The molecule has 4 nitrogen and oxygen atoms in total. The summed E-state index contributed by atoms with van der Waals surface area (Å²) in [4.78, 5) is 23.4. The van der Waals surface area contributed by atoms with Crippen molar-refractivity contribution in [1.82, 2.24) is 5.32 Å². The van der Waals surface area contributed by atoms with E-state index in [9.17, 15) is 9.59 Å². The summed E-state index contributed by atoms with van der Waals surface area (Å²) in [7, 11) is 0. The Hall–Kier alpha value is -1.55. The lowest BCUT2D eigenvalue weighted by molar-refractivity contribution is -0.139. The van der Waals surface area contributed by atoms with Crippen LogP contribution in [0.4, 0.5) is 0 Å². The van der Waals surface area contributed by atoms with Crippen molar-refractivity contribution in [3.8, 4) is 0 Å². The van der Waals surface area contributed by atoms with E-state index in [2.05, 4.69) is 5.32 Å². The van der Waals surface area contributed by atoms with Gasteiger partial charge in [0.15, 0.2) is 0 Å². The van der Waals surface area contributed by atoms with Gasteiger partial charge >= 0.3 is 5.97 Å². The smallest absolute Gasteiger partial charge is 0.305 e. The summed E-state index contributed by atoms with van der Waals surface area (Å²) in [5.41, 5.74) is 0.167. The second-order valence-electron chi connectivity index (χ2n) is 5.73. The lowest BCUT2D eigenvalue weighted by atomic mass is 9.79. The highest BCUT2D eigenvalue weighted by Crippen LogP contribution is 2.31. The molecular formula is C16H20ClNO3. The first kappa shape index (κ1) is 15.8. The molecule has 0 spiro atoms. The highest BCUT2D eigenvalue weighted by molar-refractivity contribution is 6.31. The Bertz CT molecular complexity index is 524. The van der Waals surface area contributed by atoms with Crippen molar-refractivity contribution < 1.29 is 14.7 Å². The van der Waals surface area contributed by atoms with Crippen molar-refractivity contribution in [1.29, 1.82) is 0 Å². The minimum atomic E-state index is -0.866. The molecule has 1 amide bonds. The zero-order valence-electron chi connectivity index (χ0n) is 11.9. The number of carbonyl (C=O) groups is 2. The van der Waals surface area contributed by atoms with Gasteiger partial charge < -0.3 is 10.4 Å². The summed E-state index contributed by atoms with van der Waals surface area (Å²) in [6.07, 6.45) is 4.64. The van der Waals surface area contributed by atoms with E-state index in [1.807, 2.05) is 18.2 Å². The number of carbonyl (C=O) groups excluding carboxylic acids is 1. The van der Waals surface area contributed by atoms with Gasteiger partial charge in [0.25, 0.3) is 0 Å². The van der Waals surface area contributed by atoms with Gasteiger partial charge in [0.1, 0.15) is 0 Å². The fourth-order valence-electron chi connectivity index (χ4n) is 3.02. The van der Waals surface area contributed by atoms with E-state index in [4.69, 9.17) is 16.7 Å². The predicted octanol–water partition coefficient (Wildman–Crippen LogP) is 3.18. The number of carboxylic acid groups (broad SMARTS) is 1. The molecule has 1 fully saturated rings. The molecule has 1 aliphatic carbocycles. The largest absolute Gasteiger partial charge is 0.481 e. The van der Waals surface area contributed by atoms with Crippen LogP contribution in [0.25, 0.3) is 0 Å². The van der Waals surface area contributed by atoms with Crippen LogP contribution in [0.15, 0.2) is 24.3 Å². The van der Waals surface area contributed by atoms with Crippen LogP contribution in [0.1, 0.15) is 44.1 Å². The molecule has 0 radical (unpaired) electrons. The van der Waals surface area contributed by atoms with Crippen LogP contribution in [0, 0.1) is 0 Å². The fourth-order valence-corrected chi connectivity index (χ4v) is 3.22. The standard InChI is InChI=1S/C16H20ClNO3/c17-13-7-3-2-6-12(13)10-14(19)18-16(11-15(20)21)8-4-1-5-9-16/h2-3,6-7H,1,4-5,8-11H2,(H,18,19)(H,20,21). The third-order valence-corrected chi connectivity index (χ3v) is 4.38. The molecule has 0 heterocycles. The van der Waals surface area contributed by atoms with Crippen LogP contribution >= 0.6 is 11.6 Å². The van der Waals surface area contributed by atoms with Crippen molar-refractivity contribution in [2.75, 3.05) is 0 Å². The number of carboxylic acids is 1. The molecule has 2 N–H and O–H groups in total. The quantitative estimate of drug-likeness (QED) is 0.878. The van der Waals surface area contributed by atoms with Crippen LogP contribution < -0.4 is 5.32 Å². The number of hydrogen-bond acceptors (Lipinski definition) is 2. The second kappa shape index (κ2) is 6.94. The molecule has 114 valence electrons. The number of hydrogen-bond donors (Lipinski definition) is 2. The van der Waals surface area contributed by atoms with Crippen molar-refractivity contribution >= 4 is 23.5 Å². The number of benzene rings is 1. The van der Waals surface area contributed by atoms with Crippen LogP contribution in [0.3, 0.4) is 0 Å². The Morgan fingerprint density at radius 2 is 1.86 bits per heavy atom. The monoisotopic (exact) mass is 309 g/mol. The number of nitrogens with one attached hydrogen (secondary N) is 1. The van der Waals surface area contributed by atoms with Gasteiger partial charge in [-0.3, -0.25) is 9.59 Å². The molecule has 21 heavy (non-hydrogen) atoms. The molecule has 5 heteroatoms. The predicted molar refractivity (Wildman–Crippen MR) is 81.4 cm³/mol. The van der Waals surface area contributed by atoms with E-state index in [0.717, 1.165) is 37.7 Å². The molecular weight excluding hydrogens is 290 g/mol. The van der Waals surface area contributed by atoms with E-state index < -0.39 is 11.5 Å². The van der Waals surface area contributed by atoms with Gasteiger partial charge in [-0.05, 0) is 24.5 Å². The van der Waals surface area contributed by atoms with E-state index in [-0.39, 0.29) is 18.7 Å². The van der Waals surface area contributed by atoms with Gasteiger partial charge in [0.05, 0.1) is 18.4 Å². The lowest BCUT2D eigenvalue weighted by Crippen LogP contribution is -2.51. The van der Waals surface area contributed by atoms with Gasteiger partial charge in [0, 0.05) is 5.02 Å². The van der Waals surface area contributed by atoms with Crippen molar-refractivity contribution in [2.24, 2.45) is 0 Å². The van der Waals surface area contributed by atoms with Gasteiger partial charge in [-0.1, -0.05) is 49.1 Å². The summed E-state index contributed by atoms with van der Waals surface area (Å²) in [5.74, 6) is -1.03. The minimum absolute atomic E-state index is 0.0126. The molecule has 0 unspecified atom stereocenters. The summed E-state index contributed by atoms with van der Waals surface area (Å²) in [6.45, 7) is 0. The van der Waals surface area contributed by atoms with Crippen LogP contribution in [0.5, 0.6) is 0 Å². The average molecular weight is 310 g/mol. The Kier molecular flexibility index (Phi) is 5.23. The molecule has 1 aromatic rings. The summed E-state index contributed by atoms with van der Waals surface area (Å²) in [5, 5.41) is 12.6. The maximum atomic E-state index is 12.3. The zero-order chi connectivity index (χ0) is 15.3. The Morgan fingerprint density at radius 3 is 2.48 bits per heavy atom. The third-order valence-electron chi connectivity index (χ3n) is 4.01. The average Bonchev–Trinajstić information content (AvgIpc) is 2.41. The van der Waals surface area contributed by atoms with E-state index in [0.29, 0.717) is 5.02 Å². The molecule has 0 aliphatic heterocycles. The van der Waals surface area contributed by atoms with Crippen molar-refractivity contribution in [2.45, 2.75) is 50.5 Å². The van der Waals surface area contributed by atoms with Crippen molar-refractivity contribution in [3.05, 3.63) is 34.9 Å². The Morgan fingerprint density at radius 1 is 1.19 bits per heavy atom. The molecule has 1 aliphatic rings. The summed E-state index contributed by atoms with van der Waals surface area (Å²) in [6, 6.07) is 7.21. The summed E-state index contributed by atoms with van der Waals surface area (Å²) >= 11 is 6.06. The van der Waals surface area contributed by atoms with Gasteiger partial charge in [0.2, 0.25) is 5.91 Å². The number of amides is 1. The second-order valence-corrected chi connectivity index (χ2v) is 6.14. The third kappa shape index (κ3) is 4.46. The minimum Gasteiger partial charge on any atom is -0.481 e. The maximum Gasteiger partial charge on any atom is 0.305 e. The molecule has 0 aromatic heterocycles. The fraction of sp³-hybridized carbons (Fsp3) is 0.500. The Balaban J connectivity index is 2.04. The van der Waals surface area contributed by atoms with Gasteiger partial charge in [-0.15, -0.1) is 0 Å². The SMILES string of the molecule is O=C(O)CC1(NC(=O)Cc2ccccc2Cl)CCCCC1.